The van der Waals surface area contributed by atoms with Crippen molar-refractivity contribution in [2.45, 2.75) is 19.5 Å². The van der Waals surface area contributed by atoms with Crippen molar-refractivity contribution in [1.29, 1.82) is 0 Å². The van der Waals surface area contributed by atoms with E-state index in [9.17, 15) is 22.4 Å². The number of nitrogens with one attached hydrogen (secondary N) is 1. The zero-order chi connectivity index (χ0) is 20.5. The number of hydrogen-bond donors (Lipinski definition) is 1. The number of aryl methyl sites for hydroxylation is 1. The van der Waals surface area contributed by atoms with E-state index in [0.717, 1.165) is 11.3 Å². The van der Waals surface area contributed by atoms with Gasteiger partial charge in [-0.3, -0.25) is 4.79 Å². The molecule has 3 aromatic rings. The standard InChI is InChI=1S/C19H13ClF4N2OS/c1-10-25-18(19(22,23)24)16(28-10)9-17(27)26-15-5-3-2-4-12(15)11-6-7-13(20)14(21)8-11/h2-8H,9H2,1H3,(H,26,27). The summed E-state index contributed by atoms with van der Waals surface area (Å²) in [4.78, 5) is 15.7. The largest absolute Gasteiger partial charge is 0.434 e. The Bertz CT molecular complexity index is 1030. The molecule has 0 bridgehead atoms. The molecule has 28 heavy (non-hydrogen) atoms. The molecule has 0 unspecified atom stereocenters. The van der Waals surface area contributed by atoms with Gasteiger partial charge in [0.25, 0.3) is 0 Å². The average Bonchev–Trinajstić information content (AvgIpc) is 2.98. The number of para-hydroxylation sites is 1. The quantitative estimate of drug-likeness (QED) is 0.509. The van der Waals surface area contributed by atoms with Crippen LogP contribution in [0.25, 0.3) is 11.1 Å². The van der Waals surface area contributed by atoms with Crippen LogP contribution in [0.15, 0.2) is 42.5 Å². The van der Waals surface area contributed by atoms with E-state index < -0.39 is 30.0 Å². The van der Waals surface area contributed by atoms with Crippen LogP contribution in [0.5, 0.6) is 0 Å². The zero-order valence-electron chi connectivity index (χ0n) is 14.4. The summed E-state index contributed by atoms with van der Waals surface area (Å²) < 4.78 is 53.0. The van der Waals surface area contributed by atoms with Crippen LogP contribution >= 0.6 is 22.9 Å². The van der Waals surface area contributed by atoms with E-state index in [1.807, 2.05) is 0 Å². The van der Waals surface area contributed by atoms with Crippen molar-refractivity contribution < 1.29 is 22.4 Å². The SMILES string of the molecule is Cc1nc(C(F)(F)F)c(CC(=O)Nc2ccccc2-c2ccc(Cl)c(F)c2)s1. The van der Waals surface area contributed by atoms with Gasteiger partial charge in [-0.2, -0.15) is 13.2 Å². The van der Waals surface area contributed by atoms with Crippen LogP contribution in [-0.2, 0) is 17.4 Å². The predicted molar refractivity (Wildman–Crippen MR) is 101 cm³/mol. The van der Waals surface area contributed by atoms with E-state index in [1.54, 1.807) is 30.3 Å². The van der Waals surface area contributed by atoms with Gasteiger partial charge < -0.3 is 5.32 Å². The van der Waals surface area contributed by atoms with Gasteiger partial charge in [0.05, 0.1) is 16.5 Å². The topological polar surface area (TPSA) is 42.0 Å². The number of rotatable bonds is 4. The highest BCUT2D eigenvalue weighted by molar-refractivity contribution is 7.11. The number of aromatic nitrogens is 1. The molecule has 0 atom stereocenters. The van der Waals surface area contributed by atoms with Gasteiger partial charge >= 0.3 is 6.18 Å². The highest BCUT2D eigenvalue weighted by Gasteiger charge is 2.37. The van der Waals surface area contributed by atoms with Gasteiger partial charge in [0, 0.05) is 16.1 Å². The van der Waals surface area contributed by atoms with Crippen molar-refractivity contribution in [3.8, 4) is 11.1 Å². The molecule has 1 aromatic heterocycles. The maximum absolute atomic E-state index is 13.8. The summed E-state index contributed by atoms with van der Waals surface area (Å²) in [6.45, 7) is 1.45. The number of nitrogens with zero attached hydrogens (tertiary/aromatic N) is 1. The molecule has 0 fully saturated rings. The minimum absolute atomic E-state index is 0.0366. The van der Waals surface area contributed by atoms with Crippen LogP contribution in [0, 0.1) is 12.7 Å². The van der Waals surface area contributed by atoms with Crippen LogP contribution in [0.1, 0.15) is 15.6 Å². The number of alkyl halides is 3. The van der Waals surface area contributed by atoms with Crippen LogP contribution in [0.3, 0.4) is 0 Å². The molecule has 3 rings (SSSR count). The fourth-order valence-electron chi connectivity index (χ4n) is 2.66. The summed E-state index contributed by atoms with van der Waals surface area (Å²) in [6, 6.07) is 10.8. The number of carbonyl (C=O) groups excluding carboxylic acids is 1. The fraction of sp³-hybridized carbons (Fsp3) is 0.158. The predicted octanol–water partition coefficient (Wildman–Crippen LogP) is 6.11. The molecule has 3 nitrogen and oxygen atoms in total. The lowest BCUT2D eigenvalue weighted by Crippen LogP contribution is -2.17. The fourth-order valence-corrected chi connectivity index (χ4v) is 3.73. The molecule has 0 aliphatic heterocycles. The molecule has 1 amide bonds. The molecule has 0 saturated heterocycles. The average molecular weight is 429 g/mol. The molecular weight excluding hydrogens is 416 g/mol. The molecule has 9 heteroatoms. The Morgan fingerprint density at radius 3 is 2.61 bits per heavy atom. The highest BCUT2D eigenvalue weighted by Crippen LogP contribution is 2.35. The van der Waals surface area contributed by atoms with Gasteiger partial charge in [-0.1, -0.05) is 35.9 Å². The summed E-state index contributed by atoms with van der Waals surface area (Å²) in [5.74, 6) is -1.24. The first kappa shape index (κ1) is 20.3. The van der Waals surface area contributed by atoms with Crippen molar-refractivity contribution in [2.24, 2.45) is 0 Å². The molecule has 0 aliphatic rings. The van der Waals surface area contributed by atoms with Gasteiger partial charge in [-0.15, -0.1) is 11.3 Å². The second-order valence-electron chi connectivity index (χ2n) is 5.90. The molecule has 0 radical (unpaired) electrons. The molecule has 0 saturated carbocycles. The van der Waals surface area contributed by atoms with E-state index in [2.05, 4.69) is 10.3 Å². The van der Waals surface area contributed by atoms with Gasteiger partial charge in [-0.05, 0) is 30.7 Å². The van der Waals surface area contributed by atoms with Crippen molar-refractivity contribution in [3.05, 3.63) is 68.9 Å². The Morgan fingerprint density at radius 2 is 1.93 bits per heavy atom. The lowest BCUT2D eigenvalue weighted by Gasteiger charge is -2.12. The van der Waals surface area contributed by atoms with Gasteiger partial charge in [0.2, 0.25) is 5.91 Å². The second kappa shape index (κ2) is 7.89. The van der Waals surface area contributed by atoms with Crippen LogP contribution in [0.2, 0.25) is 5.02 Å². The smallest absolute Gasteiger partial charge is 0.325 e. The number of benzene rings is 2. The van der Waals surface area contributed by atoms with Crippen molar-refractivity contribution in [1.82, 2.24) is 4.98 Å². The summed E-state index contributed by atoms with van der Waals surface area (Å²) in [5, 5.41) is 2.79. The van der Waals surface area contributed by atoms with E-state index in [1.165, 1.54) is 19.1 Å². The molecule has 0 aliphatic carbocycles. The number of thiazole rings is 1. The Balaban J connectivity index is 1.85. The number of halogens is 5. The molecular formula is C19H13ClF4N2OS. The minimum Gasteiger partial charge on any atom is -0.325 e. The first-order valence-electron chi connectivity index (χ1n) is 8.03. The third-order valence-corrected chi connectivity index (χ3v) is 5.10. The number of anilines is 1. The lowest BCUT2D eigenvalue weighted by molar-refractivity contribution is -0.141. The third kappa shape index (κ3) is 4.51. The maximum atomic E-state index is 13.8. The summed E-state index contributed by atoms with van der Waals surface area (Å²) in [7, 11) is 0. The first-order chi connectivity index (χ1) is 13.1. The Morgan fingerprint density at radius 1 is 1.21 bits per heavy atom. The minimum atomic E-state index is -4.63. The van der Waals surface area contributed by atoms with E-state index in [0.29, 0.717) is 16.8 Å². The normalized spacial score (nSPS) is 11.5. The lowest BCUT2D eigenvalue weighted by atomic mass is 10.0. The monoisotopic (exact) mass is 428 g/mol. The van der Waals surface area contributed by atoms with Crippen LogP contribution in [-0.4, -0.2) is 10.9 Å². The Labute approximate surface area is 167 Å². The second-order valence-corrected chi connectivity index (χ2v) is 7.60. The summed E-state index contributed by atoms with van der Waals surface area (Å²) in [5.41, 5.74) is 0.299. The number of amides is 1. The molecule has 146 valence electrons. The molecule has 1 heterocycles. The van der Waals surface area contributed by atoms with Gasteiger partial charge in [-0.25, -0.2) is 9.37 Å². The van der Waals surface area contributed by atoms with Crippen molar-refractivity contribution in [2.75, 3.05) is 5.32 Å². The van der Waals surface area contributed by atoms with Gasteiger partial charge in [0.15, 0.2) is 5.69 Å². The molecule has 1 N–H and O–H groups in total. The Kier molecular flexibility index (Phi) is 5.71. The van der Waals surface area contributed by atoms with Gasteiger partial charge in [0.1, 0.15) is 5.82 Å². The van der Waals surface area contributed by atoms with Crippen LogP contribution in [0.4, 0.5) is 23.2 Å². The summed E-state index contributed by atoms with van der Waals surface area (Å²) in [6.07, 6.45) is -5.09. The highest BCUT2D eigenvalue weighted by atomic mass is 35.5. The first-order valence-corrected chi connectivity index (χ1v) is 9.22. The number of carbonyl (C=O) groups is 1. The summed E-state index contributed by atoms with van der Waals surface area (Å²) >= 11 is 6.52. The Hall–Kier alpha value is -2.45. The maximum Gasteiger partial charge on any atom is 0.434 e. The van der Waals surface area contributed by atoms with E-state index >= 15 is 0 Å². The molecule has 2 aromatic carbocycles. The zero-order valence-corrected chi connectivity index (χ0v) is 16.0. The number of hydrogen-bond acceptors (Lipinski definition) is 3. The van der Waals surface area contributed by atoms with Crippen LogP contribution < -0.4 is 5.32 Å². The van der Waals surface area contributed by atoms with Crippen molar-refractivity contribution in [3.63, 3.8) is 0 Å². The van der Waals surface area contributed by atoms with E-state index in [-0.39, 0.29) is 14.9 Å². The third-order valence-electron chi connectivity index (χ3n) is 3.83. The molecule has 0 spiro atoms. The van der Waals surface area contributed by atoms with E-state index in [4.69, 9.17) is 11.6 Å². The van der Waals surface area contributed by atoms with Crippen molar-refractivity contribution >= 4 is 34.5 Å².